The van der Waals surface area contributed by atoms with Crippen molar-refractivity contribution >= 4 is 34.1 Å². The standard InChI is InChI=1S/2C29H20N5.2Pt/c2*1-33-19-34(27-12-5-4-11-26(27)33)21-8-6-7-20(17-21)29(28-14-16-31-32-28)24-10-3-2-9-22(24)23-13-15-30-18-25(23)29;;/h2*2-16,18-19H,1H3;;/q2*-3;;. The average molecular weight is 1270 g/mol. The maximum atomic E-state index is 4.59. The van der Waals surface area contributed by atoms with Gasteiger partial charge in [0, 0.05) is 101 Å². The molecule has 12 heteroatoms. The number of hydrogen-bond donors (Lipinski definition) is 0. The molecule has 0 fully saturated rings. The van der Waals surface area contributed by atoms with Crippen molar-refractivity contribution in [3.8, 4) is 22.3 Å². The second-order valence-corrected chi connectivity index (χ2v) is 17.3. The predicted molar refractivity (Wildman–Crippen MR) is 266 cm³/mol. The Bertz CT molecular complexity index is 3200. The first-order chi connectivity index (χ1) is 33.6. The molecule has 6 aromatic carbocycles. The zero-order valence-electron chi connectivity index (χ0n) is 37.7. The van der Waals surface area contributed by atoms with Crippen LogP contribution in [0.3, 0.4) is 0 Å². The Balaban J connectivity index is 0.000000148. The Morgan fingerprint density at radius 3 is 1.26 bits per heavy atom. The van der Waals surface area contributed by atoms with Crippen LogP contribution in [0, 0.1) is 25.5 Å². The molecule has 0 saturated heterocycles. The summed E-state index contributed by atoms with van der Waals surface area (Å²) in [6.07, 6.45) is 11.2. The summed E-state index contributed by atoms with van der Waals surface area (Å²) in [4.78, 5) is 17.7. The Kier molecular flexibility index (Phi) is 11.5. The monoisotopic (exact) mass is 1270 g/mol. The van der Waals surface area contributed by atoms with E-state index in [4.69, 9.17) is 0 Å². The molecule has 6 heterocycles. The Labute approximate surface area is 435 Å². The topological polar surface area (TPSA) is 92.7 Å². The molecule has 0 amide bonds. The largest absolute Gasteiger partial charge is 0.581 e. The fourth-order valence-electron chi connectivity index (χ4n) is 11.1. The molecule has 4 aliphatic rings. The van der Waals surface area contributed by atoms with Gasteiger partial charge in [-0.1, -0.05) is 84.9 Å². The van der Waals surface area contributed by atoms with Crippen molar-refractivity contribution in [3.05, 3.63) is 265 Å². The van der Waals surface area contributed by atoms with Crippen molar-refractivity contribution in [1.29, 1.82) is 0 Å². The molecule has 2 aliphatic heterocycles. The van der Waals surface area contributed by atoms with E-state index < -0.39 is 10.8 Å². The fraction of sp³-hybridized carbons (Fsp3) is 0.0690. The average Bonchev–Trinajstić information content (AvgIpc) is 4.28. The summed E-state index contributed by atoms with van der Waals surface area (Å²) in [7, 11) is 4.14. The van der Waals surface area contributed by atoms with Crippen molar-refractivity contribution in [2.75, 3.05) is 33.7 Å². The second kappa shape index (κ2) is 17.9. The van der Waals surface area contributed by atoms with Crippen molar-refractivity contribution in [2.45, 2.75) is 10.8 Å². The molecule has 0 radical (unpaired) electrons. The fourth-order valence-corrected chi connectivity index (χ4v) is 11.1. The molecule has 0 bridgehead atoms. The third-order valence-corrected chi connectivity index (χ3v) is 13.9. The van der Waals surface area contributed by atoms with Gasteiger partial charge in [0.2, 0.25) is 0 Å². The van der Waals surface area contributed by atoms with Crippen LogP contribution in [0.5, 0.6) is 0 Å². The SMILES string of the molecule is CN1[CH-]N(c2[c-]c(C3(c4cc[n-]n4)c4ccccc4-c4ccncc43)ccc2)c2ccccc21.CN1[CH-]N(c2[c-]c(C3(c4cc[n-]n4)c4ccccc4-c4ccncc43)ccc2)c2ccccc21.[Pt].[Pt]. The van der Waals surface area contributed by atoms with E-state index in [2.05, 4.69) is 235 Å². The number of benzene rings is 6. The van der Waals surface area contributed by atoms with Crippen molar-refractivity contribution < 1.29 is 42.1 Å². The summed E-state index contributed by atoms with van der Waals surface area (Å²) >= 11 is 0. The number of para-hydroxylation sites is 4. The molecule has 4 aromatic heterocycles. The van der Waals surface area contributed by atoms with Gasteiger partial charge in [-0.3, -0.25) is 9.97 Å². The predicted octanol–water partition coefficient (Wildman–Crippen LogP) is 10.6. The van der Waals surface area contributed by atoms with E-state index in [1.54, 1.807) is 12.4 Å². The van der Waals surface area contributed by atoms with Crippen LogP contribution in [0.15, 0.2) is 195 Å². The Morgan fingerprint density at radius 1 is 0.429 bits per heavy atom. The van der Waals surface area contributed by atoms with E-state index in [-0.39, 0.29) is 42.1 Å². The van der Waals surface area contributed by atoms with Gasteiger partial charge in [-0.05, 0) is 95.0 Å². The zero-order chi connectivity index (χ0) is 45.4. The molecule has 14 rings (SSSR count). The third kappa shape index (κ3) is 6.60. The van der Waals surface area contributed by atoms with Crippen molar-refractivity contribution in [1.82, 2.24) is 30.4 Å². The van der Waals surface area contributed by atoms with Crippen LogP contribution in [0.25, 0.3) is 22.3 Å². The Morgan fingerprint density at radius 2 is 0.829 bits per heavy atom. The minimum atomic E-state index is -0.641. The number of hydrogen-bond acceptors (Lipinski definition) is 8. The van der Waals surface area contributed by atoms with Crippen LogP contribution < -0.4 is 29.8 Å². The second-order valence-electron chi connectivity index (χ2n) is 17.3. The van der Waals surface area contributed by atoms with Gasteiger partial charge >= 0.3 is 0 Å². The van der Waals surface area contributed by atoms with Crippen molar-refractivity contribution in [3.63, 3.8) is 0 Å². The number of fused-ring (bicyclic) bond motifs is 8. The quantitative estimate of drug-likeness (QED) is 0.150. The first-order valence-electron chi connectivity index (χ1n) is 22.5. The summed E-state index contributed by atoms with van der Waals surface area (Å²) in [5.41, 5.74) is 18.4. The summed E-state index contributed by atoms with van der Waals surface area (Å²) in [6.45, 7) is 4.21. The van der Waals surface area contributed by atoms with Gasteiger partial charge in [0.1, 0.15) is 0 Å². The van der Waals surface area contributed by atoms with Gasteiger partial charge in [0.15, 0.2) is 0 Å². The van der Waals surface area contributed by atoms with Crippen LogP contribution in [-0.2, 0) is 53.0 Å². The molecule has 2 aliphatic carbocycles. The minimum Gasteiger partial charge on any atom is -0.581 e. The normalized spacial score (nSPS) is 17.5. The molecule has 0 spiro atoms. The van der Waals surface area contributed by atoms with E-state index in [0.717, 1.165) is 56.4 Å². The molecule has 2 atom stereocenters. The maximum Gasteiger partial charge on any atom is 0.0659 e. The maximum absolute atomic E-state index is 4.59. The van der Waals surface area contributed by atoms with Gasteiger partial charge < -0.3 is 40.0 Å². The molecule has 348 valence electrons. The molecule has 0 N–H and O–H groups in total. The van der Waals surface area contributed by atoms with E-state index in [0.29, 0.717) is 0 Å². The number of aromatic nitrogens is 6. The summed E-state index contributed by atoms with van der Waals surface area (Å²) in [6, 6.07) is 62.3. The number of nitrogens with zero attached hydrogens (tertiary/aromatic N) is 10. The van der Waals surface area contributed by atoms with Crippen LogP contribution in [0.2, 0.25) is 0 Å². The molecule has 0 saturated carbocycles. The van der Waals surface area contributed by atoms with E-state index in [1.807, 2.05) is 36.9 Å². The van der Waals surface area contributed by atoms with Crippen LogP contribution in [0.1, 0.15) is 44.8 Å². The van der Waals surface area contributed by atoms with Gasteiger partial charge in [0.05, 0.1) is 10.8 Å². The molecular formula is C58H40N10Pt2-6. The first kappa shape index (κ1) is 45.1. The van der Waals surface area contributed by atoms with E-state index in [1.165, 1.54) is 44.8 Å². The van der Waals surface area contributed by atoms with Crippen LogP contribution in [0.4, 0.5) is 34.1 Å². The van der Waals surface area contributed by atoms with Crippen LogP contribution in [-0.4, -0.2) is 34.3 Å². The molecular weight excluding hydrogens is 1230 g/mol. The zero-order valence-corrected chi connectivity index (χ0v) is 42.3. The smallest absolute Gasteiger partial charge is 0.0659 e. The van der Waals surface area contributed by atoms with Crippen molar-refractivity contribution in [2.24, 2.45) is 0 Å². The summed E-state index contributed by atoms with van der Waals surface area (Å²) in [5.74, 6) is 0. The minimum absolute atomic E-state index is 0. The van der Waals surface area contributed by atoms with Crippen LogP contribution >= 0.6 is 0 Å². The molecule has 2 unspecified atom stereocenters. The van der Waals surface area contributed by atoms with Gasteiger partial charge in [-0.15, -0.1) is 22.5 Å². The Hall–Kier alpha value is -7.38. The van der Waals surface area contributed by atoms with Gasteiger partial charge in [-0.25, -0.2) is 0 Å². The molecule has 10 nitrogen and oxygen atoms in total. The summed E-state index contributed by atoms with van der Waals surface area (Å²) < 4.78 is 0. The van der Waals surface area contributed by atoms with E-state index >= 15 is 0 Å². The summed E-state index contributed by atoms with van der Waals surface area (Å²) in [5, 5.41) is 17.6. The van der Waals surface area contributed by atoms with E-state index in [9.17, 15) is 0 Å². The molecule has 70 heavy (non-hydrogen) atoms. The third-order valence-electron chi connectivity index (χ3n) is 13.9. The number of anilines is 6. The number of rotatable bonds is 6. The van der Waals surface area contributed by atoms with Gasteiger partial charge in [-0.2, -0.15) is 74.3 Å². The molecule has 10 aromatic rings. The van der Waals surface area contributed by atoms with Gasteiger partial charge in [0.25, 0.3) is 0 Å². The first-order valence-corrected chi connectivity index (χ1v) is 22.5. The number of pyridine rings is 2.